The van der Waals surface area contributed by atoms with Gasteiger partial charge in [0.25, 0.3) is 0 Å². The Morgan fingerprint density at radius 3 is 2.56 bits per heavy atom. The molecule has 0 fully saturated rings. The molecule has 124 valence electrons. The largest absolute Gasteiger partial charge is 0.326 e. The molecule has 0 aliphatic carbocycles. The molecule has 1 amide bonds. The number of nitrogens with one attached hydrogen (secondary N) is 1. The number of carbonyl (C=O) groups is 1. The van der Waals surface area contributed by atoms with Crippen LogP contribution in [0.5, 0.6) is 0 Å². The standard InChI is InChI=1S/C20H17N3OS/c1-14-2-6-16(7-3-14)20-23-18(13-25-20)10-11-19(24)22-17-8-4-15(12-21)5-9-17/h2-9,13H,10-11H2,1H3,(H,22,24). The molecule has 3 rings (SSSR count). The highest BCUT2D eigenvalue weighted by molar-refractivity contribution is 7.13. The minimum absolute atomic E-state index is 0.0606. The minimum Gasteiger partial charge on any atom is -0.326 e. The summed E-state index contributed by atoms with van der Waals surface area (Å²) < 4.78 is 0. The first kappa shape index (κ1) is 16.9. The molecular weight excluding hydrogens is 330 g/mol. The molecule has 4 nitrogen and oxygen atoms in total. The van der Waals surface area contributed by atoms with Crippen molar-refractivity contribution in [3.63, 3.8) is 0 Å². The van der Waals surface area contributed by atoms with Crippen molar-refractivity contribution >= 4 is 22.9 Å². The summed E-state index contributed by atoms with van der Waals surface area (Å²) in [5.74, 6) is -0.0606. The Bertz CT molecular complexity index is 905. The molecule has 5 heteroatoms. The Labute approximate surface area is 150 Å². The van der Waals surface area contributed by atoms with Crippen molar-refractivity contribution in [1.29, 1.82) is 5.26 Å². The Morgan fingerprint density at radius 1 is 1.16 bits per heavy atom. The van der Waals surface area contributed by atoms with Crippen molar-refractivity contribution in [3.05, 3.63) is 70.7 Å². The van der Waals surface area contributed by atoms with Gasteiger partial charge in [-0.15, -0.1) is 11.3 Å². The van der Waals surface area contributed by atoms with Gasteiger partial charge in [0, 0.05) is 23.1 Å². The third kappa shape index (κ3) is 4.52. The van der Waals surface area contributed by atoms with E-state index in [2.05, 4.69) is 47.6 Å². The number of hydrogen-bond donors (Lipinski definition) is 1. The van der Waals surface area contributed by atoms with Crippen LogP contribution in [0.25, 0.3) is 10.6 Å². The van der Waals surface area contributed by atoms with Crippen molar-refractivity contribution in [2.45, 2.75) is 19.8 Å². The zero-order valence-corrected chi connectivity index (χ0v) is 14.6. The van der Waals surface area contributed by atoms with Crippen LogP contribution < -0.4 is 5.32 Å². The summed E-state index contributed by atoms with van der Waals surface area (Å²) in [6, 6.07) is 17.2. The van der Waals surface area contributed by atoms with Crippen molar-refractivity contribution in [2.24, 2.45) is 0 Å². The molecule has 0 aliphatic heterocycles. The van der Waals surface area contributed by atoms with Crippen LogP contribution >= 0.6 is 11.3 Å². The third-order valence-corrected chi connectivity index (χ3v) is 4.70. The molecule has 3 aromatic rings. The lowest BCUT2D eigenvalue weighted by Gasteiger charge is -2.04. The molecule has 0 bridgehead atoms. The lowest BCUT2D eigenvalue weighted by molar-refractivity contribution is -0.116. The summed E-state index contributed by atoms with van der Waals surface area (Å²) in [7, 11) is 0. The number of nitrogens with zero attached hydrogens (tertiary/aromatic N) is 2. The highest BCUT2D eigenvalue weighted by Gasteiger charge is 2.08. The van der Waals surface area contributed by atoms with Gasteiger partial charge in [-0.1, -0.05) is 29.8 Å². The number of aryl methyl sites for hydroxylation is 2. The number of amides is 1. The fourth-order valence-electron chi connectivity index (χ4n) is 2.34. The molecule has 1 heterocycles. The molecule has 0 unspecified atom stereocenters. The molecule has 1 aromatic heterocycles. The van der Waals surface area contributed by atoms with Gasteiger partial charge in [0.2, 0.25) is 5.91 Å². The zero-order chi connectivity index (χ0) is 17.6. The third-order valence-electron chi connectivity index (χ3n) is 3.76. The second-order valence-electron chi connectivity index (χ2n) is 5.75. The predicted molar refractivity (Wildman–Crippen MR) is 100 cm³/mol. The van der Waals surface area contributed by atoms with Crippen molar-refractivity contribution in [1.82, 2.24) is 4.98 Å². The summed E-state index contributed by atoms with van der Waals surface area (Å²) >= 11 is 1.59. The van der Waals surface area contributed by atoms with Crippen molar-refractivity contribution in [3.8, 4) is 16.6 Å². The Hall–Kier alpha value is -2.97. The number of anilines is 1. The Morgan fingerprint density at radius 2 is 1.88 bits per heavy atom. The number of benzene rings is 2. The number of nitriles is 1. The normalized spacial score (nSPS) is 10.2. The van der Waals surface area contributed by atoms with E-state index < -0.39 is 0 Å². The molecule has 0 aliphatic rings. The number of aromatic nitrogens is 1. The van der Waals surface area contributed by atoms with Gasteiger partial charge >= 0.3 is 0 Å². The van der Waals surface area contributed by atoms with Gasteiger partial charge < -0.3 is 5.32 Å². The topological polar surface area (TPSA) is 65.8 Å². The summed E-state index contributed by atoms with van der Waals surface area (Å²) in [5.41, 5.74) is 4.52. The maximum absolute atomic E-state index is 12.1. The second kappa shape index (κ2) is 7.73. The molecule has 2 aromatic carbocycles. The van der Waals surface area contributed by atoms with Crippen molar-refractivity contribution in [2.75, 3.05) is 5.32 Å². The number of carbonyl (C=O) groups excluding carboxylic acids is 1. The van der Waals surface area contributed by atoms with E-state index in [1.165, 1.54) is 5.56 Å². The summed E-state index contributed by atoms with van der Waals surface area (Å²) in [6.07, 6.45) is 0.974. The van der Waals surface area contributed by atoms with Crippen LogP contribution in [0.4, 0.5) is 5.69 Å². The molecule has 0 saturated carbocycles. The van der Waals surface area contributed by atoms with Gasteiger partial charge in [-0.25, -0.2) is 4.98 Å². The van der Waals surface area contributed by atoms with Crippen LogP contribution in [0.3, 0.4) is 0 Å². The SMILES string of the molecule is Cc1ccc(-c2nc(CCC(=O)Nc3ccc(C#N)cc3)cs2)cc1. The van der Waals surface area contributed by atoms with Gasteiger partial charge in [-0.05, 0) is 37.6 Å². The molecule has 0 saturated heterocycles. The molecule has 0 spiro atoms. The highest BCUT2D eigenvalue weighted by atomic mass is 32.1. The summed E-state index contributed by atoms with van der Waals surface area (Å²) in [5, 5.41) is 14.6. The van der Waals surface area contributed by atoms with Crippen molar-refractivity contribution < 1.29 is 4.79 Å². The monoisotopic (exact) mass is 347 g/mol. The molecule has 1 N–H and O–H groups in total. The maximum atomic E-state index is 12.1. The van der Waals surface area contributed by atoms with E-state index in [9.17, 15) is 4.79 Å². The average Bonchev–Trinajstić information content (AvgIpc) is 3.10. The van der Waals surface area contributed by atoms with E-state index in [1.54, 1.807) is 35.6 Å². The van der Waals surface area contributed by atoms with Crippen LogP contribution in [0, 0.1) is 18.3 Å². The molecule has 0 atom stereocenters. The van der Waals surface area contributed by atoms with Gasteiger partial charge in [0.1, 0.15) is 5.01 Å². The number of rotatable bonds is 5. The lowest BCUT2D eigenvalue weighted by Crippen LogP contribution is -2.12. The maximum Gasteiger partial charge on any atom is 0.224 e. The first-order valence-corrected chi connectivity index (χ1v) is 8.83. The van der Waals surface area contributed by atoms with E-state index in [1.807, 2.05) is 5.38 Å². The number of hydrogen-bond acceptors (Lipinski definition) is 4. The average molecular weight is 347 g/mol. The Balaban J connectivity index is 1.55. The van der Waals surface area contributed by atoms with E-state index in [0.717, 1.165) is 16.3 Å². The highest BCUT2D eigenvalue weighted by Crippen LogP contribution is 2.24. The summed E-state index contributed by atoms with van der Waals surface area (Å²) in [6.45, 7) is 2.06. The fraction of sp³-hybridized carbons (Fsp3) is 0.150. The molecule has 25 heavy (non-hydrogen) atoms. The first-order chi connectivity index (χ1) is 12.1. The van der Waals surface area contributed by atoms with Gasteiger partial charge in [-0.2, -0.15) is 5.26 Å². The van der Waals surface area contributed by atoms with Crippen LogP contribution in [-0.2, 0) is 11.2 Å². The molecule has 0 radical (unpaired) electrons. The fourth-order valence-corrected chi connectivity index (χ4v) is 3.20. The van der Waals surface area contributed by atoms with Gasteiger partial charge in [-0.3, -0.25) is 4.79 Å². The molecular formula is C20H17N3OS. The smallest absolute Gasteiger partial charge is 0.224 e. The predicted octanol–water partition coefficient (Wildman–Crippen LogP) is 4.56. The van der Waals surface area contributed by atoms with E-state index in [-0.39, 0.29) is 5.91 Å². The van der Waals surface area contributed by atoms with Gasteiger partial charge in [0.15, 0.2) is 0 Å². The van der Waals surface area contributed by atoms with Crippen LogP contribution in [-0.4, -0.2) is 10.9 Å². The van der Waals surface area contributed by atoms with E-state index >= 15 is 0 Å². The number of thiazole rings is 1. The first-order valence-electron chi connectivity index (χ1n) is 7.95. The summed E-state index contributed by atoms with van der Waals surface area (Å²) in [4.78, 5) is 16.7. The lowest BCUT2D eigenvalue weighted by atomic mass is 10.1. The quantitative estimate of drug-likeness (QED) is 0.735. The van der Waals surface area contributed by atoms with Crippen LogP contribution in [0.1, 0.15) is 23.2 Å². The zero-order valence-electron chi connectivity index (χ0n) is 13.8. The van der Waals surface area contributed by atoms with Gasteiger partial charge in [0.05, 0.1) is 17.3 Å². The van der Waals surface area contributed by atoms with E-state index in [0.29, 0.717) is 24.1 Å². The second-order valence-corrected chi connectivity index (χ2v) is 6.61. The van der Waals surface area contributed by atoms with Crippen LogP contribution in [0.2, 0.25) is 0 Å². The van der Waals surface area contributed by atoms with Crippen LogP contribution in [0.15, 0.2) is 53.9 Å². The minimum atomic E-state index is -0.0606. The Kier molecular flexibility index (Phi) is 5.22. The van der Waals surface area contributed by atoms with E-state index in [4.69, 9.17) is 5.26 Å².